The Balaban J connectivity index is 0.00000300. The third-order valence-electron chi connectivity index (χ3n) is 4.77. The van der Waals surface area contributed by atoms with Crippen molar-refractivity contribution >= 4 is 28.3 Å². The van der Waals surface area contributed by atoms with E-state index in [1.165, 1.54) is 4.31 Å². The summed E-state index contributed by atoms with van der Waals surface area (Å²) in [5.41, 5.74) is 6.88. The molecule has 9 nitrogen and oxygen atoms in total. The minimum Gasteiger partial charge on any atom is -0.338 e. The fraction of sp³-hybridized carbons (Fsp3) is 0.500. The maximum Gasteiger partial charge on any atom is 0.244 e. The van der Waals surface area contributed by atoms with Crippen LogP contribution in [-0.2, 0) is 21.4 Å². The zero-order chi connectivity index (χ0) is 20.3. The molecule has 0 saturated carbocycles. The number of hydrogen-bond acceptors (Lipinski definition) is 6. The number of carbonyl (C=O) groups is 1. The van der Waals surface area contributed by atoms with Gasteiger partial charge >= 0.3 is 0 Å². The molecule has 11 heteroatoms. The summed E-state index contributed by atoms with van der Waals surface area (Å²) in [4.78, 5) is 18.9. The molecule has 160 valence electrons. The minimum absolute atomic E-state index is 0. The Kier molecular flexibility index (Phi) is 7.75. The van der Waals surface area contributed by atoms with Crippen LogP contribution in [0.4, 0.5) is 0 Å². The molecule has 1 aliphatic rings. The monoisotopic (exact) mass is 442 g/mol. The van der Waals surface area contributed by atoms with Crippen molar-refractivity contribution in [1.82, 2.24) is 24.0 Å². The summed E-state index contributed by atoms with van der Waals surface area (Å²) < 4.78 is 26.9. The van der Waals surface area contributed by atoms with Crippen LogP contribution in [-0.4, -0.2) is 70.2 Å². The molecule has 1 aromatic heterocycles. The fourth-order valence-corrected chi connectivity index (χ4v) is 4.23. The van der Waals surface area contributed by atoms with Gasteiger partial charge in [0.1, 0.15) is 12.4 Å². The molecule has 0 unspecified atom stereocenters. The number of amides is 1. The van der Waals surface area contributed by atoms with Crippen LogP contribution in [0, 0.1) is 0 Å². The second kappa shape index (κ2) is 9.66. The van der Waals surface area contributed by atoms with Gasteiger partial charge in [0.15, 0.2) is 5.82 Å². The number of halogens is 1. The van der Waals surface area contributed by atoms with E-state index in [4.69, 9.17) is 5.73 Å². The van der Waals surface area contributed by atoms with Gasteiger partial charge in [0.2, 0.25) is 15.9 Å². The number of hydrogen-bond donors (Lipinski definition) is 1. The third-order valence-corrected chi connectivity index (χ3v) is 6.66. The van der Waals surface area contributed by atoms with Crippen LogP contribution >= 0.6 is 12.4 Å². The molecule has 0 spiro atoms. The second-order valence-electron chi connectivity index (χ2n) is 6.79. The molecule has 29 heavy (non-hydrogen) atoms. The van der Waals surface area contributed by atoms with Gasteiger partial charge in [-0.1, -0.05) is 30.3 Å². The van der Waals surface area contributed by atoms with Gasteiger partial charge in [-0.05, 0) is 13.8 Å². The normalized spacial score (nSPS) is 16.3. The summed E-state index contributed by atoms with van der Waals surface area (Å²) in [6.07, 6.45) is 0. The average Bonchev–Trinajstić information content (AvgIpc) is 3.13. The molecule has 1 aromatic carbocycles. The topological polar surface area (TPSA) is 114 Å². The van der Waals surface area contributed by atoms with Crippen molar-refractivity contribution in [3.05, 3.63) is 36.2 Å². The van der Waals surface area contributed by atoms with E-state index in [0.717, 1.165) is 5.56 Å². The minimum atomic E-state index is -3.22. The van der Waals surface area contributed by atoms with Gasteiger partial charge < -0.3 is 10.6 Å². The van der Waals surface area contributed by atoms with E-state index in [1.807, 2.05) is 30.3 Å². The van der Waals surface area contributed by atoms with Crippen molar-refractivity contribution in [3.8, 4) is 11.4 Å². The molecule has 1 saturated heterocycles. The van der Waals surface area contributed by atoms with Gasteiger partial charge in [0, 0.05) is 31.7 Å². The number of piperazine rings is 1. The van der Waals surface area contributed by atoms with Crippen molar-refractivity contribution in [1.29, 1.82) is 0 Å². The molecule has 3 rings (SSSR count). The van der Waals surface area contributed by atoms with Gasteiger partial charge in [0.25, 0.3) is 0 Å². The van der Waals surface area contributed by atoms with E-state index >= 15 is 0 Å². The van der Waals surface area contributed by atoms with E-state index in [1.54, 1.807) is 23.4 Å². The van der Waals surface area contributed by atoms with Gasteiger partial charge in [-0.25, -0.2) is 18.1 Å². The Morgan fingerprint density at radius 1 is 1.17 bits per heavy atom. The molecule has 0 bridgehead atoms. The zero-order valence-corrected chi connectivity index (χ0v) is 18.2. The lowest BCUT2D eigenvalue weighted by Gasteiger charge is -2.33. The molecule has 2 aromatic rings. The summed E-state index contributed by atoms with van der Waals surface area (Å²) in [5.74, 6) is 1.01. The van der Waals surface area contributed by atoms with Gasteiger partial charge in [-0.15, -0.1) is 12.4 Å². The SMILES string of the molecule is CCS(=O)(=O)N1CCN(C(=O)Cn2nc(-c3ccccc3)nc2[C@H](C)N)CC1.Cl. The molecule has 1 amide bonds. The highest BCUT2D eigenvalue weighted by Crippen LogP contribution is 2.18. The fourth-order valence-electron chi connectivity index (χ4n) is 3.14. The van der Waals surface area contributed by atoms with Crippen LogP contribution in [0.25, 0.3) is 11.4 Å². The van der Waals surface area contributed by atoms with Crippen LogP contribution in [0.1, 0.15) is 25.7 Å². The largest absolute Gasteiger partial charge is 0.338 e. The lowest BCUT2D eigenvalue weighted by molar-refractivity contribution is -0.133. The van der Waals surface area contributed by atoms with Crippen LogP contribution in [0.5, 0.6) is 0 Å². The van der Waals surface area contributed by atoms with Crippen molar-refractivity contribution in [2.24, 2.45) is 5.73 Å². The molecule has 2 N–H and O–H groups in total. The predicted molar refractivity (Wildman–Crippen MR) is 113 cm³/mol. The molecule has 0 radical (unpaired) electrons. The lowest BCUT2D eigenvalue weighted by Crippen LogP contribution is -2.51. The lowest BCUT2D eigenvalue weighted by atomic mass is 10.2. The molecule has 1 atom stereocenters. The molecule has 1 aliphatic heterocycles. The van der Waals surface area contributed by atoms with Crippen LogP contribution in [0.3, 0.4) is 0 Å². The van der Waals surface area contributed by atoms with E-state index < -0.39 is 10.0 Å². The van der Waals surface area contributed by atoms with E-state index in [9.17, 15) is 13.2 Å². The van der Waals surface area contributed by atoms with Crippen molar-refractivity contribution < 1.29 is 13.2 Å². The Morgan fingerprint density at radius 2 is 1.79 bits per heavy atom. The number of carbonyl (C=O) groups excluding carboxylic acids is 1. The highest BCUT2D eigenvalue weighted by molar-refractivity contribution is 7.89. The van der Waals surface area contributed by atoms with Crippen LogP contribution in [0.2, 0.25) is 0 Å². The van der Waals surface area contributed by atoms with Crippen molar-refractivity contribution in [2.75, 3.05) is 31.9 Å². The van der Waals surface area contributed by atoms with Gasteiger partial charge in [-0.2, -0.15) is 9.40 Å². The summed E-state index contributed by atoms with van der Waals surface area (Å²) in [5, 5.41) is 4.48. The van der Waals surface area contributed by atoms with Gasteiger partial charge in [0.05, 0.1) is 11.8 Å². The highest BCUT2D eigenvalue weighted by atomic mass is 35.5. The number of rotatable bonds is 6. The molecular weight excluding hydrogens is 416 g/mol. The first-order valence-corrected chi connectivity index (χ1v) is 10.9. The molecule has 1 fully saturated rings. The number of benzene rings is 1. The van der Waals surface area contributed by atoms with Crippen molar-refractivity contribution in [3.63, 3.8) is 0 Å². The first-order chi connectivity index (χ1) is 13.3. The van der Waals surface area contributed by atoms with E-state index in [-0.39, 0.29) is 36.7 Å². The summed E-state index contributed by atoms with van der Waals surface area (Å²) in [6.45, 7) is 4.81. The first kappa shape index (κ1) is 23.3. The number of aromatic nitrogens is 3. The predicted octanol–water partition coefficient (Wildman–Crippen LogP) is 0.880. The Hall–Kier alpha value is -2.01. The standard InChI is InChI=1S/C18H26N6O3S.ClH/c1-3-28(26,27)23-11-9-22(10-12-23)16(25)13-24-18(14(2)19)20-17(21-24)15-7-5-4-6-8-15;/h4-8,14H,3,9-13,19H2,1-2H3;1H/t14-;/m0./s1. The summed E-state index contributed by atoms with van der Waals surface area (Å²) in [6, 6.07) is 9.14. The maximum atomic E-state index is 12.7. The van der Waals surface area contributed by atoms with Crippen LogP contribution in [0.15, 0.2) is 30.3 Å². The van der Waals surface area contributed by atoms with Crippen LogP contribution < -0.4 is 5.73 Å². The number of sulfonamides is 1. The zero-order valence-electron chi connectivity index (χ0n) is 16.6. The Morgan fingerprint density at radius 3 is 2.34 bits per heavy atom. The average molecular weight is 443 g/mol. The van der Waals surface area contributed by atoms with Crippen molar-refractivity contribution in [2.45, 2.75) is 26.4 Å². The van der Waals surface area contributed by atoms with E-state index in [0.29, 0.717) is 37.8 Å². The number of nitrogens with zero attached hydrogens (tertiary/aromatic N) is 5. The third kappa shape index (κ3) is 5.33. The summed E-state index contributed by atoms with van der Waals surface area (Å²) in [7, 11) is -3.22. The highest BCUT2D eigenvalue weighted by Gasteiger charge is 2.28. The molecular formula is C18H27ClN6O3S. The second-order valence-corrected chi connectivity index (χ2v) is 9.04. The Bertz CT molecular complexity index is 924. The molecule has 0 aliphatic carbocycles. The number of nitrogens with two attached hydrogens (primary N) is 1. The maximum absolute atomic E-state index is 12.7. The quantitative estimate of drug-likeness (QED) is 0.710. The van der Waals surface area contributed by atoms with Gasteiger partial charge in [-0.3, -0.25) is 4.79 Å². The molecule has 2 heterocycles. The van der Waals surface area contributed by atoms with E-state index in [2.05, 4.69) is 10.1 Å². The smallest absolute Gasteiger partial charge is 0.244 e. The first-order valence-electron chi connectivity index (χ1n) is 9.33. The summed E-state index contributed by atoms with van der Waals surface area (Å²) >= 11 is 0. The Labute approximate surface area is 177 Å².